The van der Waals surface area contributed by atoms with Crippen molar-refractivity contribution in [3.8, 4) is 22.3 Å². The summed E-state index contributed by atoms with van der Waals surface area (Å²) < 4.78 is 13.8. The molecular weight excluding hydrogens is 319 g/mol. The van der Waals surface area contributed by atoms with Gasteiger partial charge in [0.15, 0.2) is 0 Å². The van der Waals surface area contributed by atoms with Crippen LogP contribution in [0.5, 0.6) is 0 Å². The lowest BCUT2D eigenvalue weighted by atomic mass is 9.93. The third kappa shape index (κ3) is 4.04. The summed E-state index contributed by atoms with van der Waals surface area (Å²) >= 11 is 0. The minimum Gasteiger partial charge on any atom is -0.207 e. The van der Waals surface area contributed by atoms with Gasteiger partial charge in [0.1, 0.15) is 5.82 Å². The number of hydrogen-bond acceptors (Lipinski definition) is 0. The van der Waals surface area contributed by atoms with Gasteiger partial charge in [0.05, 0.1) is 0 Å². The van der Waals surface area contributed by atoms with Crippen LogP contribution in [0.15, 0.2) is 60.7 Å². The summed E-state index contributed by atoms with van der Waals surface area (Å²) in [5.41, 5.74) is 8.06. The summed E-state index contributed by atoms with van der Waals surface area (Å²) in [7, 11) is 0. The first-order chi connectivity index (χ1) is 12.6. The molecule has 26 heavy (non-hydrogen) atoms. The number of rotatable bonds is 6. The van der Waals surface area contributed by atoms with E-state index in [1.807, 2.05) is 12.1 Å². The summed E-state index contributed by atoms with van der Waals surface area (Å²) in [5.74, 6) is -0.151. The average molecular weight is 346 g/mol. The molecule has 134 valence electrons. The Morgan fingerprint density at radius 2 is 1.12 bits per heavy atom. The van der Waals surface area contributed by atoms with E-state index < -0.39 is 0 Å². The molecule has 0 atom stereocenters. The summed E-state index contributed by atoms with van der Waals surface area (Å²) in [6.45, 7) is 6.26. The zero-order valence-corrected chi connectivity index (χ0v) is 16.0. The lowest BCUT2D eigenvalue weighted by Gasteiger charge is -2.12. The largest absolute Gasteiger partial charge is 0.207 e. The maximum atomic E-state index is 13.8. The first kappa shape index (κ1) is 18.4. The van der Waals surface area contributed by atoms with E-state index in [2.05, 4.69) is 56.3 Å². The van der Waals surface area contributed by atoms with Crippen molar-refractivity contribution in [2.75, 3.05) is 0 Å². The Bertz CT molecular complexity index is 875. The molecule has 0 radical (unpaired) electrons. The van der Waals surface area contributed by atoms with Gasteiger partial charge in [-0.2, -0.15) is 0 Å². The molecular formula is C25H27F. The molecule has 0 unspecified atom stereocenters. The zero-order chi connectivity index (χ0) is 18.5. The second-order valence-corrected chi connectivity index (χ2v) is 7.02. The van der Waals surface area contributed by atoms with Crippen molar-refractivity contribution >= 4 is 0 Å². The van der Waals surface area contributed by atoms with Crippen LogP contribution in [0.2, 0.25) is 0 Å². The normalized spacial score (nSPS) is 10.9. The molecule has 1 heteroatoms. The first-order valence-corrected chi connectivity index (χ1v) is 9.61. The topological polar surface area (TPSA) is 0 Å². The van der Waals surface area contributed by atoms with Crippen LogP contribution in [-0.2, 0) is 12.8 Å². The molecule has 0 saturated carbocycles. The van der Waals surface area contributed by atoms with Gasteiger partial charge in [0.25, 0.3) is 0 Å². The van der Waals surface area contributed by atoms with Gasteiger partial charge in [0.2, 0.25) is 0 Å². The van der Waals surface area contributed by atoms with E-state index in [1.165, 1.54) is 28.7 Å². The Kier molecular flexibility index (Phi) is 5.88. The Labute approximate surface area is 156 Å². The lowest BCUT2D eigenvalue weighted by molar-refractivity contribution is 0.619. The average Bonchev–Trinajstić information content (AvgIpc) is 2.66. The minimum atomic E-state index is -0.151. The second-order valence-electron chi connectivity index (χ2n) is 7.02. The Balaban J connectivity index is 1.90. The van der Waals surface area contributed by atoms with Crippen LogP contribution in [0.1, 0.15) is 43.4 Å². The fourth-order valence-electron chi connectivity index (χ4n) is 3.45. The van der Waals surface area contributed by atoms with E-state index in [9.17, 15) is 4.39 Å². The van der Waals surface area contributed by atoms with Crippen molar-refractivity contribution in [2.24, 2.45) is 0 Å². The molecule has 0 fully saturated rings. The number of aryl methyl sites for hydroxylation is 3. The van der Waals surface area contributed by atoms with Gasteiger partial charge in [-0.25, -0.2) is 4.39 Å². The molecule has 0 aromatic heterocycles. The molecule has 0 spiro atoms. The summed E-state index contributed by atoms with van der Waals surface area (Å²) in [6, 6.07) is 20.7. The van der Waals surface area contributed by atoms with Gasteiger partial charge in [-0.1, -0.05) is 81.3 Å². The standard InChI is InChI=1S/C25H27F/c1-4-6-19-14-15-23(16-22(19)7-5-2)20-10-12-21(13-11-20)24-9-8-18(3)25(26)17-24/h8-17H,4-7H2,1-3H3. The maximum Gasteiger partial charge on any atom is 0.126 e. The van der Waals surface area contributed by atoms with Crippen LogP contribution in [-0.4, -0.2) is 0 Å². The molecule has 3 aromatic carbocycles. The highest BCUT2D eigenvalue weighted by Gasteiger charge is 2.06. The van der Waals surface area contributed by atoms with E-state index in [0.717, 1.165) is 30.4 Å². The molecule has 0 heterocycles. The Morgan fingerprint density at radius 3 is 1.69 bits per heavy atom. The lowest BCUT2D eigenvalue weighted by Crippen LogP contribution is -1.94. The van der Waals surface area contributed by atoms with Gasteiger partial charge >= 0.3 is 0 Å². The fraction of sp³-hybridized carbons (Fsp3) is 0.280. The molecule has 0 bridgehead atoms. The third-order valence-electron chi connectivity index (χ3n) is 4.97. The van der Waals surface area contributed by atoms with Gasteiger partial charge in [-0.3, -0.25) is 0 Å². The number of hydrogen-bond donors (Lipinski definition) is 0. The predicted molar refractivity (Wildman–Crippen MR) is 110 cm³/mol. The van der Waals surface area contributed by atoms with E-state index in [4.69, 9.17) is 0 Å². The van der Waals surface area contributed by atoms with E-state index in [0.29, 0.717) is 5.56 Å². The van der Waals surface area contributed by atoms with E-state index in [1.54, 1.807) is 13.0 Å². The predicted octanol–water partition coefficient (Wildman–Crippen LogP) is 7.37. The quantitative estimate of drug-likeness (QED) is 0.437. The first-order valence-electron chi connectivity index (χ1n) is 9.61. The molecule has 0 aliphatic carbocycles. The second kappa shape index (κ2) is 8.31. The molecule has 0 N–H and O–H groups in total. The molecule has 0 aliphatic heterocycles. The summed E-state index contributed by atoms with van der Waals surface area (Å²) in [4.78, 5) is 0. The monoisotopic (exact) mass is 346 g/mol. The Hall–Kier alpha value is -2.41. The smallest absolute Gasteiger partial charge is 0.126 e. The number of halogens is 1. The van der Waals surface area contributed by atoms with Crippen molar-refractivity contribution in [3.05, 3.63) is 83.2 Å². The third-order valence-corrected chi connectivity index (χ3v) is 4.97. The SMILES string of the molecule is CCCc1ccc(-c2ccc(-c3ccc(C)c(F)c3)cc2)cc1CCC. The van der Waals surface area contributed by atoms with Crippen LogP contribution < -0.4 is 0 Å². The van der Waals surface area contributed by atoms with Crippen LogP contribution in [0.25, 0.3) is 22.3 Å². The highest BCUT2D eigenvalue weighted by molar-refractivity contribution is 5.71. The zero-order valence-electron chi connectivity index (χ0n) is 16.0. The summed E-state index contributed by atoms with van der Waals surface area (Å²) in [5, 5.41) is 0. The summed E-state index contributed by atoms with van der Waals surface area (Å²) in [6.07, 6.45) is 4.62. The number of benzene rings is 3. The van der Waals surface area contributed by atoms with Crippen LogP contribution in [0, 0.1) is 12.7 Å². The van der Waals surface area contributed by atoms with E-state index >= 15 is 0 Å². The van der Waals surface area contributed by atoms with Gasteiger partial charge in [-0.05, 0) is 64.8 Å². The Morgan fingerprint density at radius 1 is 0.615 bits per heavy atom. The highest BCUT2D eigenvalue weighted by atomic mass is 19.1. The molecule has 0 aliphatic rings. The van der Waals surface area contributed by atoms with Crippen LogP contribution >= 0.6 is 0 Å². The molecule has 3 aromatic rings. The van der Waals surface area contributed by atoms with Gasteiger partial charge < -0.3 is 0 Å². The maximum absolute atomic E-state index is 13.8. The van der Waals surface area contributed by atoms with Gasteiger partial charge in [-0.15, -0.1) is 0 Å². The van der Waals surface area contributed by atoms with Crippen LogP contribution in [0.4, 0.5) is 4.39 Å². The molecule has 0 nitrogen and oxygen atoms in total. The van der Waals surface area contributed by atoms with Crippen molar-refractivity contribution in [3.63, 3.8) is 0 Å². The van der Waals surface area contributed by atoms with Crippen molar-refractivity contribution < 1.29 is 4.39 Å². The molecule has 0 amide bonds. The van der Waals surface area contributed by atoms with Crippen molar-refractivity contribution in [1.82, 2.24) is 0 Å². The highest BCUT2D eigenvalue weighted by Crippen LogP contribution is 2.28. The van der Waals surface area contributed by atoms with Gasteiger partial charge in [0, 0.05) is 0 Å². The van der Waals surface area contributed by atoms with Crippen LogP contribution in [0.3, 0.4) is 0 Å². The fourth-order valence-corrected chi connectivity index (χ4v) is 3.45. The van der Waals surface area contributed by atoms with E-state index in [-0.39, 0.29) is 5.82 Å². The molecule has 3 rings (SSSR count). The molecule has 0 saturated heterocycles. The van der Waals surface area contributed by atoms with Crippen molar-refractivity contribution in [1.29, 1.82) is 0 Å². The van der Waals surface area contributed by atoms with Crippen molar-refractivity contribution in [2.45, 2.75) is 46.5 Å². The minimum absolute atomic E-state index is 0.151.